The molecule has 0 aromatic heterocycles. The lowest BCUT2D eigenvalue weighted by atomic mass is 10.0. The maximum absolute atomic E-state index is 12.0. The van der Waals surface area contributed by atoms with Gasteiger partial charge in [0.25, 0.3) is 5.91 Å². The molecule has 0 aliphatic carbocycles. The van der Waals surface area contributed by atoms with Crippen molar-refractivity contribution in [1.29, 1.82) is 0 Å². The second-order valence-electron chi connectivity index (χ2n) is 4.42. The molecule has 0 saturated heterocycles. The van der Waals surface area contributed by atoms with E-state index in [0.29, 0.717) is 15.1 Å². The molecule has 0 heterocycles. The van der Waals surface area contributed by atoms with Crippen LogP contribution in [0, 0.1) is 0 Å². The van der Waals surface area contributed by atoms with Gasteiger partial charge in [-0.2, -0.15) is 0 Å². The fourth-order valence-corrected chi connectivity index (χ4v) is 1.65. The second kappa shape index (κ2) is 5.59. The van der Waals surface area contributed by atoms with Crippen molar-refractivity contribution in [3.63, 3.8) is 0 Å². The van der Waals surface area contributed by atoms with Gasteiger partial charge < -0.3 is 5.32 Å². The number of rotatable bonds is 3. The lowest BCUT2D eigenvalue weighted by molar-refractivity contribution is 0.0912. The molecule has 2 nitrogen and oxygen atoms in total. The van der Waals surface area contributed by atoms with Crippen LogP contribution in [-0.4, -0.2) is 16.8 Å². The molecule has 1 aromatic rings. The Labute approximate surface area is 120 Å². The van der Waals surface area contributed by atoms with Gasteiger partial charge >= 0.3 is 0 Å². The zero-order valence-electron chi connectivity index (χ0n) is 9.85. The van der Waals surface area contributed by atoms with E-state index in [4.69, 9.17) is 23.2 Å². The number of nitrogens with one attached hydrogen (secondary N) is 1. The minimum Gasteiger partial charge on any atom is -0.346 e. The van der Waals surface area contributed by atoms with E-state index in [1.165, 1.54) is 0 Å². The van der Waals surface area contributed by atoms with Crippen LogP contribution in [0.2, 0.25) is 5.02 Å². The molecular weight excluding hydrogens is 325 g/mol. The molecule has 0 spiro atoms. The van der Waals surface area contributed by atoms with Crippen LogP contribution in [0.4, 0.5) is 0 Å². The van der Waals surface area contributed by atoms with Gasteiger partial charge in [-0.25, -0.2) is 0 Å². The van der Waals surface area contributed by atoms with Gasteiger partial charge in [-0.3, -0.25) is 4.79 Å². The maximum atomic E-state index is 12.0. The number of hydrogen-bond donors (Lipinski definition) is 1. The molecule has 1 aromatic carbocycles. The highest BCUT2D eigenvalue weighted by molar-refractivity contribution is 9.10. The lowest BCUT2D eigenvalue weighted by Gasteiger charge is -2.29. The summed E-state index contributed by atoms with van der Waals surface area (Å²) in [5, 5.41) is 3.29. The van der Waals surface area contributed by atoms with E-state index in [1.807, 2.05) is 20.8 Å². The van der Waals surface area contributed by atoms with E-state index in [0.717, 1.165) is 0 Å². The van der Waals surface area contributed by atoms with Crippen LogP contribution < -0.4 is 5.32 Å². The Hall–Kier alpha value is -0.250. The van der Waals surface area contributed by atoms with Crippen molar-refractivity contribution in [2.75, 3.05) is 0 Å². The largest absolute Gasteiger partial charge is 0.346 e. The normalized spacial score (nSPS) is 13.3. The minimum atomic E-state index is -0.468. The van der Waals surface area contributed by atoms with Crippen molar-refractivity contribution in [3.8, 4) is 0 Å². The molecule has 0 fully saturated rings. The molecule has 0 aliphatic heterocycles. The number of carbonyl (C=O) groups excluding carboxylic acids is 1. The first-order valence-electron chi connectivity index (χ1n) is 5.15. The SMILES string of the molecule is CC(Cl)C(C)(C)NC(=O)c1ccc(Cl)c(Br)c1. The summed E-state index contributed by atoms with van der Waals surface area (Å²) >= 11 is 15.2. The summed E-state index contributed by atoms with van der Waals surface area (Å²) in [6.07, 6.45) is 0. The van der Waals surface area contributed by atoms with E-state index >= 15 is 0 Å². The quantitative estimate of drug-likeness (QED) is 0.820. The van der Waals surface area contributed by atoms with E-state index < -0.39 is 5.54 Å². The summed E-state index contributed by atoms with van der Waals surface area (Å²) in [5.41, 5.74) is 0.0803. The second-order valence-corrected chi connectivity index (χ2v) is 6.34. The van der Waals surface area contributed by atoms with Crippen LogP contribution in [0.3, 0.4) is 0 Å². The number of alkyl halides is 1. The molecule has 0 aliphatic rings. The molecule has 0 bridgehead atoms. The highest BCUT2D eigenvalue weighted by Gasteiger charge is 2.26. The molecule has 17 heavy (non-hydrogen) atoms. The summed E-state index contributed by atoms with van der Waals surface area (Å²) in [5.74, 6) is -0.167. The van der Waals surface area contributed by atoms with Gasteiger partial charge in [0.05, 0.1) is 15.9 Å². The van der Waals surface area contributed by atoms with Crippen LogP contribution >= 0.6 is 39.1 Å². The molecule has 94 valence electrons. The summed E-state index contributed by atoms with van der Waals surface area (Å²) in [6, 6.07) is 5.04. The minimum absolute atomic E-state index is 0.165. The third-order valence-corrected chi connectivity index (χ3v) is 4.37. The Balaban J connectivity index is 2.87. The first kappa shape index (κ1) is 14.8. The summed E-state index contributed by atoms with van der Waals surface area (Å²) in [7, 11) is 0. The van der Waals surface area contributed by atoms with Gasteiger partial charge in [0.1, 0.15) is 0 Å². The average molecular weight is 339 g/mol. The van der Waals surface area contributed by atoms with E-state index in [1.54, 1.807) is 18.2 Å². The topological polar surface area (TPSA) is 29.1 Å². The Morgan fingerprint density at radius 1 is 1.47 bits per heavy atom. The first-order valence-corrected chi connectivity index (χ1v) is 6.76. The highest BCUT2D eigenvalue weighted by atomic mass is 79.9. The summed E-state index contributed by atoms with van der Waals surface area (Å²) in [6.45, 7) is 5.61. The highest BCUT2D eigenvalue weighted by Crippen LogP contribution is 2.24. The predicted molar refractivity (Wildman–Crippen MR) is 76.0 cm³/mol. The monoisotopic (exact) mass is 337 g/mol. The number of halogens is 3. The van der Waals surface area contributed by atoms with Gasteiger partial charge in [0.15, 0.2) is 0 Å². The molecule has 1 atom stereocenters. The van der Waals surface area contributed by atoms with E-state index in [9.17, 15) is 4.79 Å². The van der Waals surface area contributed by atoms with E-state index in [-0.39, 0.29) is 11.3 Å². The molecule has 1 rings (SSSR count). The van der Waals surface area contributed by atoms with Crippen molar-refractivity contribution in [2.24, 2.45) is 0 Å². The Morgan fingerprint density at radius 3 is 2.53 bits per heavy atom. The van der Waals surface area contributed by atoms with Gasteiger partial charge in [0, 0.05) is 10.0 Å². The fourth-order valence-electron chi connectivity index (χ4n) is 1.10. The van der Waals surface area contributed by atoms with Crippen LogP contribution in [0.5, 0.6) is 0 Å². The zero-order chi connectivity index (χ0) is 13.2. The Morgan fingerprint density at radius 2 is 2.06 bits per heavy atom. The van der Waals surface area contributed by atoms with Gasteiger partial charge in [-0.15, -0.1) is 11.6 Å². The predicted octanol–water partition coefficient (Wildman–Crippen LogP) is 4.24. The van der Waals surface area contributed by atoms with Gasteiger partial charge in [-0.1, -0.05) is 11.6 Å². The molecule has 0 saturated carbocycles. The molecule has 0 radical (unpaired) electrons. The maximum Gasteiger partial charge on any atom is 0.251 e. The van der Waals surface area contributed by atoms with Crippen LogP contribution in [-0.2, 0) is 0 Å². The Kier molecular flexibility index (Phi) is 4.87. The smallest absolute Gasteiger partial charge is 0.251 e. The molecule has 1 amide bonds. The van der Waals surface area contributed by atoms with E-state index in [2.05, 4.69) is 21.2 Å². The zero-order valence-corrected chi connectivity index (χ0v) is 12.9. The summed E-state index contributed by atoms with van der Waals surface area (Å²) in [4.78, 5) is 12.0. The standard InChI is InChI=1S/C12H14BrCl2NO/c1-7(14)12(2,3)16-11(17)8-4-5-10(15)9(13)6-8/h4-7H,1-3H3,(H,16,17). The van der Waals surface area contributed by atoms with Gasteiger partial charge in [0.2, 0.25) is 0 Å². The summed E-state index contributed by atoms with van der Waals surface area (Å²) < 4.78 is 0.698. The van der Waals surface area contributed by atoms with Crippen molar-refractivity contribution >= 4 is 45.0 Å². The van der Waals surface area contributed by atoms with Crippen LogP contribution in [0.1, 0.15) is 31.1 Å². The number of amides is 1. The van der Waals surface area contributed by atoms with Gasteiger partial charge in [-0.05, 0) is 54.9 Å². The number of hydrogen-bond acceptors (Lipinski definition) is 1. The third kappa shape index (κ3) is 3.87. The van der Waals surface area contributed by atoms with Crippen molar-refractivity contribution in [1.82, 2.24) is 5.32 Å². The Bertz CT molecular complexity index is 433. The number of carbonyl (C=O) groups is 1. The fraction of sp³-hybridized carbons (Fsp3) is 0.417. The molecule has 5 heteroatoms. The van der Waals surface area contributed by atoms with Crippen molar-refractivity contribution in [2.45, 2.75) is 31.7 Å². The van der Waals surface area contributed by atoms with Crippen molar-refractivity contribution in [3.05, 3.63) is 33.3 Å². The first-order chi connectivity index (χ1) is 7.74. The molecular formula is C12H14BrCl2NO. The lowest BCUT2D eigenvalue weighted by Crippen LogP contribution is -2.49. The molecule has 1 N–H and O–H groups in total. The number of benzene rings is 1. The van der Waals surface area contributed by atoms with Crippen molar-refractivity contribution < 1.29 is 4.79 Å². The van der Waals surface area contributed by atoms with Crippen LogP contribution in [0.15, 0.2) is 22.7 Å². The molecule has 1 unspecified atom stereocenters. The third-order valence-electron chi connectivity index (χ3n) is 2.61. The van der Waals surface area contributed by atoms with Crippen LogP contribution in [0.25, 0.3) is 0 Å². The average Bonchev–Trinajstić information content (AvgIpc) is 2.21.